The molecule has 0 fully saturated rings. The van der Waals surface area contributed by atoms with Crippen LogP contribution in [-0.2, 0) is 0 Å². The normalized spacial score (nSPS) is 9.70. The summed E-state index contributed by atoms with van der Waals surface area (Å²) in [6.07, 6.45) is 5.61. The lowest BCUT2D eigenvalue weighted by Gasteiger charge is -2.11. The third kappa shape index (κ3) is 5.17. The summed E-state index contributed by atoms with van der Waals surface area (Å²) in [6, 6.07) is 2.11. The molecule has 0 aliphatic heterocycles. The van der Waals surface area contributed by atoms with Gasteiger partial charge in [0.05, 0.1) is 6.07 Å². The van der Waals surface area contributed by atoms with Crippen LogP contribution in [0.1, 0.15) is 19.8 Å². The van der Waals surface area contributed by atoms with Crippen molar-refractivity contribution < 1.29 is 0 Å². The summed E-state index contributed by atoms with van der Waals surface area (Å²) < 4.78 is 0. The lowest BCUT2D eigenvalue weighted by molar-refractivity contribution is 0.446. The highest BCUT2D eigenvalue weighted by Crippen LogP contribution is 1.91. The predicted molar refractivity (Wildman–Crippen MR) is 42.3 cm³/mol. The third-order valence-electron chi connectivity index (χ3n) is 1.20. The molecule has 0 saturated carbocycles. The molecule has 10 heavy (non-hydrogen) atoms. The Morgan fingerprint density at radius 3 is 2.80 bits per heavy atom. The van der Waals surface area contributed by atoms with Gasteiger partial charge in [-0.25, -0.2) is 0 Å². The quantitative estimate of drug-likeness (QED) is 0.553. The van der Waals surface area contributed by atoms with Crippen molar-refractivity contribution in [2.24, 2.45) is 0 Å². The van der Waals surface area contributed by atoms with E-state index in [2.05, 4.69) is 11.0 Å². The van der Waals surface area contributed by atoms with Crippen molar-refractivity contribution in [1.29, 1.82) is 5.26 Å². The van der Waals surface area contributed by atoms with Gasteiger partial charge in [0, 0.05) is 20.0 Å². The maximum absolute atomic E-state index is 8.22. The first kappa shape index (κ1) is 9.03. The van der Waals surface area contributed by atoms with Gasteiger partial charge in [-0.2, -0.15) is 5.26 Å². The molecule has 2 nitrogen and oxygen atoms in total. The van der Waals surface area contributed by atoms with Crippen LogP contribution in [0.15, 0.2) is 12.3 Å². The zero-order valence-corrected chi connectivity index (χ0v) is 6.67. The maximum Gasteiger partial charge on any atom is 0.0622 e. The van der Waals surface area contributed by atoms with Crippen LogP contribution in [0.25, 0.3) is 0 Å². The molecule has 0 aromatic carbocycles. The van der Waals surface area contributed by atoms with E-state index in [1.54, 1.807) is 0 Å². The molecule has 0 aliphatic carbocycles. The molecule has 0 saturated heterocycles. The molecular formula is C8H14N2. The minimum Gasteiger partial charge on any atom is -0.381 e. The van der Waals surface area contributed by atoms with Crippen LogP contribution in [0, 0.1) is 11.3 Å². The molecule has 0 radical (unpaired) electrons. The summed E-state index contributed by atoms with van der Waals surface area (Å²) in [4.78, 5) is 2.08. The average Bonchev–Trinajstić information content (AvgIpc) is 1.89. The summed E-state index contributed by atoms with van der Waals surface area (Å²) in [7, 11) is 2.01. The molecule has 0 amide bonds. The third-order valence-corrected chi connectivity index (χ3v) is 1.20. The number of allylic oxidation sites excluding steroid dienone is 1. The Morgan fingerprint density at radius 1 is 1.60 bits per heavy atom. The first-order valence-corrected chi connectivity index (χ1v) is 3.51. The second-order valence-corrected chi connectivity index (χ2v) is 2.22. The Hall–Kier alpha value is -0.970. The molecule has 0 aromatic rings. The topological polar surface area (TPSA) is 27.0 Å². The van der Waals surface area contributed by atoms with Gasteiger partial charge in [-0.15, -0.1) is 0 Å². The van der Waals surface area contributed by atoms with Gasteiger partial charge >= 0.3 is 0 Å². The lowest BCUT2D eigenvalue weighted by Crippen LogP contribution is -2.11. The highest BCUT2D eigenvalue weighted by atomic mass is 15.1. The summed E-state index contributed by atoms with van der Waals surface area (Å²) in [5, 5.41) is 8.22. The molecule has 2 heteroatoms. The Morgan fingerprint density at radius 2 is 2.30 bits per heavy atom. The van der Waals surface area contributed by atoms with Crippen LogP contribution in [0.2, 0.25) is 0 Å². The lowest BCUT2D eigenvalue weighted by atomic mass is 10.3. The molecule has 0 rings (SSSR count). The van der Waals surface area contributed by atoms with Crippen molar-refractivity contribution in [2.45, 2.75) is 19.8 Å². The largest absolute Gasteiger partial charge is 0.381 e. The Kier molecular flexibility index (Phi) is 5.56. The maximum atomic E-state index is 8.22. The minimum atomic E-state index is 0.655. The van der Waals surface area contributed by atoms with Crippen molar-refractivity contribution in [3.8, 4) is 6.07 Å². The fourth-order valence-electron chi connectivity index (χ4n) is 0.737. The van der Waals surface area contributed by atoms with Crippen molar-refractivity contribution in [3.05, 3.63) is 12.3 Å². The van der Waals surface area contributed by atoms with E-state index in [0.717, 1.165) is 13.0 Å². The summed E-state index contributed by atoms with van der Waals surface area (Å²) in [5.41, 5.74) is 0. The molecule has 0 atom stereocenters. The zero-order valence-electron chi connectivity index (χ0n) is 6.67. The smallest absolute Gasteiger partial charge is 0.0622 e. The summed E-state index contributed by atoms with van der Waals surface area (Å²) in [6.45, 7) is 2.96. The van der Waals surface area contributed by atoms with E-state index in [9.17, 15) is 0 Å². The molecule has 0 heterocycles. The summed E-state index contributed by atoms with van der Waals surface area (Å²) >= 11 is 0. The molecule has 0 N–H and O–H groups in total. The van der Waals surface area contributed by atoms with Crippen molar-refractivity contribution >= 4 is 0 Å². The first-order valence-electron chi connectivity index (χ1n) is 3.51. The number of hydrogen-bond donors (Lipinski definition) is 0. The number of unbranched alkanes of at least 4 members (excludes halogenated alkanes) is 1. The van der Waals surface area contributed by atoms with Crippen LogP contribution in [0.4, 0.5) is 0 Å². The molecule has 0 aliphatic rings. The first-order chi connectivity index (χ1) is 4.81. The van der Waals surface area contributed by atoms with Crippen LogP contribution >= 0.6 is 0 Å². The minimum absolute atomic E-state index is 0.655. The van der Waals surface area contributed by atoms with Gasteiger partial charge in [0.15, 0.2) is 0 Å². The van der Waals surface area contributed by atoms with E-state index in [4.69, 9.17) is 5.26 Å². The highest BCUT2D eigenvalue weighted by Gasteiger charge is 1.88. The summed E-state index contributed by atoms with van der Waals surface area (Å²) in [5.74, 6) is 0. The molecule has 0 bridgehead atoms. The van der Waals surface area contributed by atoms with E-state index >= 15 is 0 Å². The fourth-order valence-corrected chi connectivity index (χ4v) is 0.737. The molecular weight excluding hydrogens is 124 g/mol. The van der Waals surface area contributed by atoms with Crippen LogP contribution in [0.3, 0.4) is 0 Å². The van der Waals surface area contributed by atoms with Crippen LogP contribution < -0.4 is 0 Å². The van der Waals surface area contributed by atoms with Gasteiger partial charge in [-0.3, -0.25) is 0 Å². The van der Waals surface area contributed by atoms with Crippen LogP contribution in [-0.4, -0.2) is 18.5 Å². The second kappa shape index (κ2) is 6.15. The predicted octanol–water partition coefficient (Wildman–Crippen LogP) is 1.76. The standard InChI is InChI=1S/C8H14N2/c1-3-7-10(2)8-5-4-6-9/h3,7H,4-5,8H2,1-2H3/b7-3+. The van der Waals surface area contributed by atoms with Gasteiger partial charge in [0.1, 0.15) is 0 Å². The van der Waals surface area contributed by atoms with Crippen molar-refractivity contribution in [2.75, 3.05) is 13.6 Å². The van der Waals surface area contributed by atoms with Gasteiger partial charge in [0.25, 0.3) is 0 Å². The van der Waals surface area contributed by atoms with Gasteiger partial charge in [-0.1, -0.05) is 6.08 Å². The van der Waals surface area contributed by atoms with E-state index in [0.29, 0.717) is 6.42 Å². The van der Waals surface area contributed by atoms with E-state index < -0.39 is 0 Å². The van der Waals surface area contributed by atoms with E-state index in [-0.39, 0.29) is 0 Å². The van der Waals surface area contributed by atoms with Gasteiger partial charge < -0.3 is 4.90 Å². The van der Waals surface area contributed by atoms with Crippen molar-refractivity contribution in [1.82, 2.24) is 4.90 Å². The number of hydrogen-bond acceptors (Lipinski definition) is 2. The monoisotopic (exact) mass is 138 g/mol. The SMILES string of the molecule is C/C=C/N(C)CCCC#N. The fraction of sp³-hybridized carbons (Fsp3) is 0.625. The van der Waals surface area contributed by atoms with E-state index in [1.165, 1.54) is 0 Å². The number of nitrogens with zero attached hydrogens (tertiary/aromatic N) is 2. The Labute approximate surface area is 62.8 Å². The van der Waals surface area contributed by atoms with E-state index in [1.807, 2.05) is 26.2 Å². The molecule has 0 unspecified atom stereocenters. The molecule has 0 aromatic heterocycles. The van der Waals surface area contributed by atoms with Gasteiger partial charge in [-0.05, 0) is 19.5 Å². The second-order valence-electron chi connectivity index (χ2n) is 2.22. The Balaban J connectivity index is 3.23. The Bertz CT molecular complexity index is 133. The number of nitriles is 1. The molecule has 56 valence electrons. The van der Waals surface area contributed by atoms with Gasteiger partial charge in [0.2, 0.25) is 0 Å². The molecule has 0 spiro atoms. The highest BCUT2D eigenvalue weighted by molar-refractivity contribution is 4.77. The van der Waals surface area contributed by atoms with Crippen LogP contribution in [0.5, 0.6) is 0 Å². The zero-order chi connectivity index (χ0) is 7.82. The van der Waals surface area contributed by atoms with Crippen molar-refractivity contribution in [3.63, 3.8) is 0 Å². The average molecular weight is 138 g/mol. The number of rotatable bonds is 4.